The van der Waals surface area contributed by atoms with Crippen LogP contribution in [0.1, 0.15) is 37.9 Å². The molecule has 0 unspecified atom stereocenters. The Kier molecular flexibility index (Phi) is 6.75. The number of pyridine rings is 2. The summed E-state index contributed by atoms with van der Waals surface area (Å²) in [5.74, 6) is -1.58. The van der Waals surface area contributed by atoms with Gasteiger partial charge in [0, 0.05) is 48.6 Å². The van der Waals surface area contributed by atoms with Gasteiger partial charge >= 0.3 is 5.69 Å². The Morgan fingerprint density at radius 3 is 2.71 bits per heavy atom. The number of anilines is 1. The van der Waals surface area contributed by atoms with Crippen molar-refractivity contribution in [1.29, 1.82) is 0 Å². The number of aromatic nitrogens is 7. The van der Waals surface area contributed by atoms with Gasteiger partial charge in [-0.3, -0.25) is 9.78 Å². The number of rotatable bonds is 3. The summed E-state index contributed by atoms with van der Waals surface area (Å²) in [5, 5.41) is 8.80. The van der Waals surface area contributed by atoms with Crippen LogP contribution in [-0.4, -0.2) is 71.0 Å². The molecule has 0 saturated carbocycles. The molecule has 45 heavy (non-hydrogen) atoms. The molecule has 1 amide bonds. The number of halogens is 2. The lowest BCUT2D eigenvalue weighted by Gasteiger charge is -2.40. The van der Waals surface area contributed by atoms with E-state index in [1.807, 2.05) is 25.7 Å². The third-order valence-electron chi connectivity index (χ3n) is 8.39. The summed E-state index contributed by atoms with van der Waals surface area (Å²) < 4.78 is 34.9. The molecular weight excluding hydrogens is 580 g/mol. The third kappa shape index (κ3) is 4.57. The van der Waals surface area contributed by atoms with Gasteiger partial charge in [-0.25, -0.2) is 27.8 Å². The van der Waals surface area contributed by atoms with Gasteiger partial charge in [-0.2, -0.15) is 4.98 Å². The first kappa shape index (κ1) is 28.4. The number of piperazine rings is 1. The van der Waals surface area contributed by atoms with Crippen LogP contribution >= 0.6 is 0 Å². The Morgan fingerprint density at radius 1 is 1.13 bits per heavy atom. The molecule has 11 nitrogen and oxygen atoms in total. The fourth-order valence-corrected chi connectivity index (χ4v) is 6.28. The second-order valence-corrected chi connectivity index (χ2v) is 11.6. The maximum Gasteiger partial charge on any atom is 0.355 e. The van der Waals surface area contributed by atoms with Gasteiger partial charge in [0.1, 0.15) is 23.0 Å². The number of hydrogen-bond donors (Lipinski definition) is 0. The molecule has 1 aromatic carbocycles. The molecule has 13 heteroatoms. The van der Waals surface area contributed by atoms with Crippen molar-refractivity contribution in [2.75, 3.05) is 24.5 Å². The molecular formula is C32H29F2N9O2. The molecule has 1 fully saturated rings. The minimum absolute atomic E-state index is 0.0951. The number of carbonyl (C=O) groups is 1. The number of benzene rings is 1. The topological polar surface area (TPSA) is 115 Å². The Labute approximate surface area is 256 Å². The van der Waals surface area contributed by atoms with E-state index in [0.29, 0.717) is 47.8 Å². The highest BCUT2D eigenvalue weighted by molar-refractivity contribution is 5.92. The molecule has 4 bridgehead atoms. The minimum atomic E-state index is -0.796. The van der Waals surface area contributed by atoms with E-state index in [-0.39, 0.29) is 52.5 Å². The fourth-order valence-electron chi connectivity index (χ4n) is 6.28. The van der Waals surface area contributed by atoms with Crippen LogP contribution in [0, 0.1) is 11.6 Å². The number of amides is 1. The van der Waals surface area contributed by atoms with Crippen LogP contribution in [0.5, 0.6) is 0 Å². The standard InChI is InChI=1S/C32H29F2N9O2/c1-5-25(44)40-11-12-42(18(4)14-40)30-21-13-23(34)28-26-20(7-6-8-22(26)33)24-16-41(39-38-24)15-19-9-10-35-27(17(2)3)29(19)43(31(21)36-28)32(45)37-30/h5-10,13,16-18H,1,11-12,14-15H2,2-4H3/t18-/m0/s1. The van der Waals surface area contributed by atoms with Crippen LogP contribution in [0.4, 0.5) is 14.6 Å². The van der Waals surface area contributed by atoms with Gasteiger partial charge in [0.15, 0.2) is 11.5 Å². The first-order valence-electron chi connectivity index (χ1n) is 14.6. The van der Waals surface area contributed by atoms with Crippen LogP contribution in [0.2, 0.25) is 0 Å². The first-order valence-corrected chi connectivity index (χ1v) is 14.6. The van der Waals surface area contributed by atoms with E-state index < -0.39 is 17.3 Å². The van der Waals surface area contributed by atoms with E-state index in [1.54, 1.807) is 34.1 Å². The van der Waals surface area contributed by atoms with Gasteiger partial charge in [-0.05, 0) is 37.1 Å². The molecule has 2 aliphatic heterocycles. The lowest BCUT2D eigenvalue weighted by atomic mass is 9.99. The van der Waals surface area contributed by atoms with Crippen molar-refractivity contribution in [2.24, 2.45) is 0 Å². The van der Waals surface area contributed by atoms with Gasteiger partial charge in [0.2, 0.25) is 5.91 Å². The predicted octanol–water partition coefficient (Wildman–Crippen LogP) is 4.09. The fraction of sp³-hybridized carbons (Fsp3) is 0.281. The highest BCUT2D eigenvalue weighted by Gasteiger charge is 2.32. The smallest absolute Gasteiger partial charge is 0.350 e. The van der Waals surface area contributed by atoms with Crippen LogP contribution in [0.15, 0.2) is 60.2 Å². The van der Waals surface area contributed by atoms with Crippen molar-refractivity contribution in [2.45, 2.75) is 39.3 Å². The average Bonchev–Trinajstić information content (AvgIpc) is 3.48. The third-order valence-corrected chi connectivity index (χ3v) is 8.39. The van der Waals surface area contributed by atoms with Crippen molar-refractivity contribution < 1.29 is 13.6 Å². The molecule has 0 N–H and O–H groups in total. The van der Waals surface area contributed by atoms with Gasteiger partial charge in [-0.15, -0.1) is 5.10 Å². The summed E-state index contributed by atoms with van der Waals surface area (Å²) in [7, 11) is 0. The van der Waals surface area contributed by atoms with E-state index in [0.717, 1.165) is 0 Å². The van der Waals surface area contributed by atoms with Crippen LogP contribution in [0.3, 0.4) is 0 Å². The summed E-state index contributed by atoms with van der Waals surface area (Å²) in [6.07, 6.45) is 4.58. The molecule has 5 aromatic rings. The molecule has 4 aromatic heterocycles. The first-order chi connectivity index (χ1) is 21.7. The maximum absolute atomic E-state index is 16.3. The van der Waals surface area contributed by atoms with Gasteiger partial charge < -0.3 is 9.80 Å². The summed E-state index contributed by atoms with van der Waals surface area (Å²) in [6, 6.07) is 7.16. The molecule has 228 valence electrons. The van der Waals surface area contributed by atoms with Crippen molar-refractivity contribution >= 4 is 22.8 Å². The number of nitrogens with zero attached hydrogens (tertiary/aromatic N) is 9. The van der Waals surface area contributed by atoms with E-state index >= 15 is 8.78 Å². The Hall–Kier alpha value is -5.33. The normalized spacial score (nSPS) is 15.9. The Bertz CT molecular complexity index is 2090. The van der Waals surface area contributed by atoms with Crippen LogP contribution < -0.4 is 10.6 Å². The van der Waals surface area contributed by atoms with Gasteiger partial charge in [-0.1, -0.05) is 37.8 Å². The minimum Gasteiger partial charge on any atom is -0.350 e. The molecule has 0 radical (unpaired) electrons. The molecule has 2 aliphatic rings. The van der Waals surface area contributed by atoms with Crippen molar-refractivity contribution in [3.8, 4) is 28.2 Å². The largest absolute Gasteiger partial charge is 0.355 e. The monoisotopic (exact) mass is 609 g/mol. The van der Waals surface area contributed by atoms with Gasteiger partial charge in [0.25, 0.3) is 0 Å². The summed E-state index contributed by atoms with van der Waals surface area (Å²) in [4.78, 5) is 44.0. The number of carbonyl (C=O) groups excluding carboxylic acids is 1. The summed E-state index contributed by atoms with van der Waals surface area (Å²) in [6.45, 7) is 10.7. The lowest BCUT2D eigenvalue weighted by Crippen LogP contribution is -2.54. The highest BCUT2D eigenvalue weighted by Crippen LogP contribution is 2.38. The summed E-state index contributed by atoms with van der Waals surface area (Å²) >= 11 is 0. The van der Waals surface area contributed by atoms with Crippen LogP contribution in [-0.2, 0) is 11.3 Å². The Morgan fingerprint density at radius 2 is 1.96 bits per heavy atom. The zero-order valence-electron chi connectivity index (χ0n) is 24.9. The second kappa shape index (κ2) is 10.7. The quantitative estimate of drug-likeness (QED) is 0.276. The van der Waals surface area contributed by atoms with Crippen molar-refractivity contribution in [1.82, 2.24) is 39.4 Å². The van der Waals surface area contributed by atoms with Crippen LogP contribution in [0.25, 0.3) is 39.2 Å². The van der Waals surface area contributed by atoms with E-state index in [9.17, 15) is 9.59 Å². The van der Waals surface area contributed by atoms with Crippen molar-refractivity contribution in [3.63, 3.8) is 0 Å². The number of hydrogen-bond acceptors (Lipinski definition) is 8. The molecule has 6 heterocycles. The molecule has 1 atom stereocenters. The van der Waals surface area contributed by atoms with Gasteiger partial charge in [0.05, 0.1) is 29.5 Å². The zero-order valence-corrected chi connectivity index (χ0v) is 24.9. The number of fused-ring (bicyclic) bond motifs is 8. The lowest BCUT2D eigenvalue weighted by molar-refractivity contribution is -0.126. The highest BCUT2D eigenvalue weighted by atomic mass is 19.1. The molecule has 1 saturated heterocycles. The SMILES string of the molecule is C=CC(=O)N1CCN(c2nc(=O)n3c4nc(c(F)cc24)-c2c(F)cccc2-c2cn(nn2)Cc2ccnc(C(C)C)c2-3)[C@@H](C)C1. The molecule has 0 spiro atoms. The maximum atomic E-state index is 16.3. The molecule has 0 aliphatic carbocycles. The average molecular weight is 610 g/mol. The second-order valence-electron chi connectivity index (χ2n) is 11.6. The van der Waals surface area contributed by atoms with E-state index in [2.05, 4.69) is 26.9 Å². The Balaban J connectivity index is 1.58. The van der Waals surface area contributed by atoms with E-state index in [1.165, 1.54) is 28.8 Å². The van der Waals surface area contributed by atoms with E-state index in [4.69, 9.17) is 4.98 Å². The zero-order chi connectivity index (χ0) is 31.6. The molecule has 7 rings (SSSR count). The summed E-state index contributed by atoms with van der Waals surface area (Å²) in [5.41, 5.74) is 1.49. The van der Waals surface area contributed by atoms with Crippen molar-refractivity contribution in [3.05, 3.63) is 88.8 Å². The predicted molar refractivity (Wildman–Crippen MR) is 164 cm³/mol.